The van der Waals surface area contributed by atoms with Crippen molar-refractivity contribution in [3.05, 3.63) is 48.2 Å². The second kappa shape index (κ2) is 8.53. The van der Waals surface area contributed by atoms with E-state index in [0.717, 1.165) is 12.0 Å². The van der Waals surface area contributed by atoms with Gasteiger partial charge in [-0.15, -0.1) is 0 Å². The van der Waals surface area contributed by atoms with Crippen molar-refractivity contribution in [2.45, 2.75) is 19.1 Å². The summed E-state index contributed by atoms with van der Waals surface area (Å²) in [7, 11) is 1.55. The molecular weight excluding hydrogens is 336 g/mol. The summed E-state index contributed by atoms with van der Waals surface area (Å²) in [5.41, 5.74) is 0.800. The maximum absolute atomic E-state index is 12.3. The van der Waals surface area contributed by atoms with Crippen LogP contribution in [0.2, 0.25) is 0 Å². The number of aromatic nitrogens is 1. The van der Waals surface area contributed by atoms with Gasteiger partial charge in [-0.05, 0) is 29.8 Å². The maximum atomic E-state index is 12.3. The number of likely N-dealkylation sites (tertiary alicyclic amines) is 1. The Balaban J connectivity index is 1.49. The van der Waals surface area contributed by atoms with Gasteiger partial charge in [0.2, 0.25) is 0 Å². The second-order valence-electron chi connectivity index (χ2n) is 5.97. The number of rotatable bonds is 7. The first-order valence-corrected chi connectivity index (χ1v) is 8.45. The zero-order chi connectivity index (χ0) is 18.4. The molecule has 26 heavy (non-hydrogen) atoms. The molecule has 7 nitrogen and oxygen atoms in total. The largest absolute Gasteiger partial charge is 0.484 e. The summed E-state index contributed by atoms with van der Waals surface area (Å²) in [6.45, 7) is 1.08. The van der Waals surface area contributed by atoms with Crippen LogP contribution in [0.4, 0.5) is 0 Å². The molecule has 1 aromatic carbocycles. The Bertz CT molecular complexity index is 735. The van der Waals surface area contributed by atoms with Crippen LogP contribution in [0, 0.1) is 0 Å². The number of aliphatic hydroxyl groups is 1. The number of hydrogen-bond donors (Lipinski definition) is 1. The Morgan fingerprint density at radius 1 is 1.31 bits per heavy atom. The van der Waals surface area contributed by atoms with Crippen LogP contribution in [-0.2, 0) is 11.4 Å². The van der Waals surface area contributed by atoms with Crippen molar-refractivity contribution in [1.82, 2.24) is 9.88 Å². The fourth-order valence-corrected chi connectivity index (χ4v) is 2.78. The smallest absolute Gasteiger partial charge is 0.260 e. The van der Waals surface area contributed by atoms with Crippen LogP contribution in [0.15, 0.2) is 42.6 Å². The summed E-state index contributed by atoms with van der Waals surface area (Å²) in [5, 5.41) is 9.03. The monoisotopic (exact) mass is 358 g/mol. The Hall–Kier alpha value is -2.80. The Kier molecular flexibility index (Phi) is 5.91. The van der Waals surface area contributed by atoms with Crippen molar-refractivity contribution >= 4 is 5.91 Å². The molecule has 1 saturated heterocycles. The first-order valence-electron chi connectivity index (χ1n) is 8.45. The topological polar surface area (TPSA) is 81.1 Å². The molecule has 0 radical (unpaired) electrons. The third-order valence-electron chi connectivity index (χ3n) is 4.19. The number of carbonyl (C=O) groups excluding carboxylic acids is 1. The summed E-state index contributed by atoms with van der Waals surface area (Å²) in [4.78, 5) is 18.2. The third kappa shape index (κ3) is 4.43. The van der Waals surface area contributed by atoms with Crippen molar-refractivity contribution in [3.8, 4) is 17.4 Å². The van der Waals surface area contributed by atoms with Crippen LogP contribution in [0.5, 0.6) is 17.4 Å². The van der Waals surface area contributed by atoms with Gasteiger partial charge in [-0.2, -0.15) is 0 Å². The van der Waals surface area contributed by atoms with Gasteiger partial charge in [0.1, 0.15) is 11.9 Å². The summed E-state index contributed by atoms with van der Waals surface area (Å²) in [6.07, 6.45) is 2.29. The lowest BCUT2D eigenvalue weighted by molar-refractivity contribution is -0.132. The van der Waals surface area contributed by atoms with Crippen LogP contribution >= 0.6 is 0 Å². The predicted molar refractivity (Wildman–Crippen MR) is 94.3 cm³/mol. The highest BCUT2D eigenvalue weighted by Gasteiger charge is 2.28. The van der Waals surface area contributed by atoms with E-state index in [1.807, 2.05) is 0 Å². The van der Waals surface area contributed by atoms with Gasteiger partial charge < -0.3 is 24.2 Å². The molecule has 1 N–H and O–H groups in total. The molecule has 1 atom stereocenters. The predicted octanol–water partition coefficient (Wildman–Crippen LogP) is 1.64. The van der Waals surface area contributed by atoms with Crippen molar-refractivity contribution in [1.29, 1.82) is 0 Å². The first kappa shape index (κ1) is 18.0. The van der Waals surface area contributed by atoms with Gasteiger partial charge >= 0.3 is 0 Å². The van der Waals surface area contributed by atoms with Crippen LogP contribution in [-0.4, -0.2) is 53.8 Å². The van der Waals surface area contributed by atoms with Crippen molar-refractivity contribution in [2.24, 2.45) is 0 Å². The van der Waals surface area contributed by atoms with Gasteiger partial charge in [0.15, 0.2) is 12.4 Å². The van der Waals surface area contributed by atoms with E-state index in [1.54, 1.807) is 54.6 Å². The average Bonchev–Trinajstić information content (AvgIpc) is 3.15. The fraction of sp³-hybridized carbons (Fsp3) is 0.368. The molecule has 0 aliphatic carbocycles. The maximum Gasteiger partial charge on any atom is 0.260 e. The van der Waals surface area contributed by atoms with E-state index in [0.29, 0.717) is 30.5 Å². The van der Waals surface area contributed by atoms with Crippen LogP contribution in [0.1, 0.15) is 12.0 Å². The van der Waals surface area contributed by atoms with E-state index < -0.39 is 0 Å². The lowest BCUT2D eigenvalue weighted by Gasteiger charge is -2.18. The number of nitrogens with zero attached hydrogens (tertiary/aromatic N) is 2. The van der Waals surface area contributed by atoms with E-state index in [9.17, 15) is 4.79 Å². The molecule has 0 spiro atoms. The summed E-state index contributed by atoms with van der Waals surface area (Å²) < 4.78 is 16.6. The number of carbonyl (C=O) groups is 1. The Morgan fingerprint density at radius 3 is 2.85 bits per heavy atom. The standard InChI is InChI=1S/C19H22N2O5/c1-24-19-17(3-2-9-20-19)26-16-8-10-21(11-16)18(23)13-25-15-6-4-14(12-22)5-7-15/h2-7,9,16,22H,8,10-13H2,1H3. The molecule has 2 heterocycles. The fourth-order valence-electron chi connectivity index (χ4n) is 2.78. The molecule has 7 heteroatoms. The normalized spacial score (nSPS) is 16.4. The highest BCUT2D eigenvalue weighted by molar-refractivity contribution is 5.78. The van der Waals surface area contributed by atoms with E-state index in [4.69, 9.17) is 19.3 Å². The molecular formula is C19H22N2O5. The number of pyridine rings is 1. The molecule has 1 aliphatic rings. The van der Waals surface area contributed by atoms with Crippen molar-refractivity contribution in [3.63, 3.8) is 0 Å². The minimum atomic E-state index is -0.0964. The Morgan fingerprint density at radius 2 is 2.12 bits per heavy atom. The van der Waals surface area contributed by atoms with Crippen molar-refractivity contribution in [2.75, 3.05) is 26.8 Å². The van der Waals surface area contributed by atoms with Gasteiger partial charge in [0, 0.05) is 19.2 Å². The number of benzene rings is 1. The summed E-state index contributed by atoms with van der Waals surface area (Å²) >= 11 is 0. The van der Waals surface area contributed by atoms with Crippen molar-refractivity contribution < 1.29 is 24.1 Å². The number of aliphatic hydroxyl groups excluding tert-OH is 1. The van der Waals surface area contributed by atoms with Gasteiger partial charge in [-0.3, -0.25) is 4.79 Å². The molecule has 0 saturated carbocycles. The second-order valence-corrected chi connectivity index (χ2v) is 5.97. The highest BCUT2D eigenvalue weighted by atomic mass is 16.5. The van der Waals surface area contributed by atoms with Crippen LogP contribution < -0.4 is 14.2 Å². The minimum absolute atomic E-state index is 0.0178. The van der Waals surface area contributed by atoms with Gasteiger partial charge in [-0.1, -0.05) is 12.1 Å². The number of ether oxygens (including phenoxy) is 3. The van der Waals surface area contributed by atoms with E-state index >= 15 is 0 Å². The molecule has 138 valence electrons. The zero-order valence-corrected chi connectivity index (χ0v) is 14.6. The van der Waals surface area contributed by atoms with Crippen LogP contribution in [0.3, 0.4) is 0 Å². The quantitative estimate of drug-likeness (QED) is 0.810. The highest BCUT2D eigenvalue weighted by Crippen LogP contribution is 2.26. The van der Waals surface area contributed by atoms with E-state index in [2.05, 4.69) is 4.98 Å². The molecule has 0 bridgehead atoms. The van der Waals surface area contributed by atoms with Crippen LogP contribution in [0.25, 0.3) is 0 Å². The molecule has 1 aliphatic heterocycles. The van der Waals surface area contributed by atoms with Gasteiger partial charge in [0.05, 0.1) is 20.3 Å². The summed E-state index contributed by atoms with van der Waals surface area (Å²) in [6, 6.07) is 10.6. The Labute approximate surface area is 152 Å². The minimum Gasteiger partial charge on any atom is -0.484 e. The molecule has 1 fully saturated rings. The molecule has 1 unspecified atom stereocenters. The zero-order valence-electron chi connectivity index (χ0n) is 14.6. The number of hydrogen-bond acceptors (Lipinski definition) is 6. The SMILES string of the molecule is COc1ncccc1OC1CCN(C(=O)COc2ccc(CO)cc2)C1. The van der Waals surface area contributed by atoms with E-state index in [-0.39, 0.29) is 25.2 Å². The molecule has 2 aromatic rings. The lowest BCUT2D eigenvalue weighted by atomic mass is 10.2. The van der Waals surface area contributed by atoms with Gasteiger partial charge in [-0.25, -0.2) is 4.98 Å². The van der Waals surface area contributed by atoms with Gasteiger partial charge in [0.25, 0.3) is 11.8 Å². The molecule has 1 amide bonds. The molecule has 3 rings (SSSR count). The lowest BCUT2D eigenvalue weighted by Crippen LogP contribution is -2.34. The molecule has 1 aromatic heterocycles. The van der Waals surface area contributed by atoms with E-state index in [1.165, 1.54) is 0 Å². The summed E-state index contributed by atoms with van der Waals surface area (Å²) in [5.74, 6) is 1.53. The number of methoxy groups -OCH3 is 1. The average molecular weight is 358 g/mol. The first-order chi connectivity index (χ1) is 12.7. The number of amides is 1. The third-order valence-corrected chi connectivity index (χ3v) is 4.19.